The number of hydrogen-bond donors (Lipinski definition) is 2. The van der Waals surface area contributed by atoms with E-state index in [1.807, 2.05) is 20.8 Å². The van der Waals surface area contributed by atoms with E-state index in [9.17, 15) is 9.59 Å². The first kappa shape index (κ1) is 21.2. The summed E-state index contributed by atoms with van der Waals surface area (Å²) in [6.07, 6.45) is 0.580. The lowest BCUT2D eigenvalue weighted by atomic mass is 9.90. The highest BCUT2D eigenvalue weighted by molar-refractivity contribution is 6.33. The first-order valence-corrected chi connectivity index (χ1v) is 9.43. The first-order chi connectivity index (χ1) is 12.7. The number of nitrogens with one attached hydrogen (secondary N) is 1. The molecule has 0 unspecified atom stereocenters. The SMILES string of the molecule is COC(=O)c1cc(Cl)c(OC(C)C)c(N[C@@H](C)C2CCN(C(=O)O)CC2)c1. The average Bonchev–Trinajstić information content (AvgIpc) is 2.63. The molecular weight excluding hydrogens is 372 g/mol. The first-order valence-electron chi connectivity index (χ1n) is 9.05. The predicted octanol–water partition coefficient (Wildman–Crippen LogP) is 4.10. The molecule has 2 N–H and O–H groups in total. The molecule has 1 atom stereocenters. The molecule has 0 spiro atoms. The third-order valence-electron chi connectivity index (χ3n) is 4.72. The van der Waals surface area contributed by atoms with Gasteiger partial charge in [0.25, 0.3) is 0 Å². The number of carbonyl (C=O) groups is 2. The normalized spacial score (nSPS) is 16.1. The van der Waals surface area contributed by atoms with Gasteiger partial charge in [0.05, 0.1) is 29.5 Å². The Morgan fingerprint density at radius 3 is 2.41 bits per heavy atom. The number of anilines is 1. The van der Waals surface area contributed by atoms with Crippen molar-refractivity contribution < 1.29 is 24.2 Å². The Balaban J connectivity index is 2.20. The van der Waals surface area contributed by atoms with Crippen LogP contribution in [-0.2, 0) is 4.74 Å². The molecule has 1 amide bonds. The fourth-order valence-corrected chi connectivity index (χ4v) is 3.51. The van der Waals surface area contributed by atoms with E-state index in [1.54, 1.807) is 6.07 Å². The molecule has 2 rings (SSSR count). The second-order valence-corrected chi connectivity index (χ2v) is 7.44. The fourth-order valence-electron chi connectivity index (χ4n) is 3.25. The van der Waals surface area contributed by atoms with Crippen LogP contribution in [0, 0.1) is 5.92 Å². The number of amides is 1. The van der Waals surface area contributed by atoms with Gasteiger partial charge >= 0.3 is 12.1 Å². The molecule has 1 saturated heterocycles. The third-order valence-corrected chi connectivity index (χ3v) is 5.00. The fraction of sp³-hybridized carbons (Fsp3) is 0.579. The molecule has 0 aromatic heterocycles. The van der Waals surface area contributed by atoms with Crippen molar-refractivity contribution in [1.82, 2.24) is 4.90 Å². The van der Waals surface area contributed by atoms with Gasteiger partial charge in [-0.15, -0.1) is 0 Å². The molecule has 27 heavy (non-hydrogen) atoms. The van der Waals surface area contributed by atoms with Gasteiger partial charge in [-0.2, -0.15) is 0 Å². The van der Waals surface area contributed by atoms with Gasteiger partial charge in [-0.1, -0.05) is 11.6 Å². The lowest BCUT2D eigenvalue weighted by Crippen LogP contribution is -2.41. The summed E-state index contributed by atoms with van der Waals surface area (Å²) in [5, 5.41) is 12.8. The van der Waals surface area contributed by atoms with Crippen LogP contribution in [0.1, 0.15) is 44.0 Å². The second kappa shape index (κ2) is 9.17. The van der Waals surface area contributed by atoms with Crippen LogP contribution >= 0.6 is 11.6 Å². The van der Waals surface area contributed by atoms with Crippen molar-refractivity contribution in [1.29, 1.82) is 0 Å². The van der Waals surface area contributed by atoms with Gasteiger partial charge in [-0.25, -0.2) is 9.59 Å². The van der Waals surface area contributed by atoms with E-state index in [-0.39, 0.29) is 12.1 Å². The average molecular weight is 399 g/mol. The van der Waals surface area contributed by atoms with Gasteiger partial charge in [0.2, 0.25) is 0 Å². The van der Waals surface area contributed by atoms with Gasteiger partial charge < -0.3 is 24.8 Å². The Labute approximate surface area is 164 Å². The zero-order chi connectivity index (χ0) is 20.1. The molecule has 0 saturated carbocycles. The summed E-state index contributed by atoms with van der Waals surface area (Å²) in [7, 11) is 1.32. The number of piperidine rings is 1. The lowest BCUT2D eigenvalue weighted by molar-refractivity contribution is 0.0600. The van der Waals surface area contributed by atoms with E-state index in [0.29, 0.717) is 41.0 Å². The van der Waals surface area contributed by atoms with Crippen molar-refractivity contribution in [2.75, 3.05) is 25.5 Å². The molecule has 8 heteroatoms. The van der Waals surface area contributed by atoms with Crippen LogP contribution in [-0.4, -0.2) is 54.4 Å². The number of esters is 1. The molecule has 0 aliphatic carbocycles. The molecule has 1 fully saturated rings. The van der Waals surface area contributed by atoms with E-state index >= 15 is 0 Å². The van der Waals surface area contributed by atoms with Gasteiger partial charge in [0.1, 0.15) is 0 Å². The maximum Gasteiger partial charge on any atom is 0.407 e. The van der Waals surface area contributed by atoms with E-state index in [1.165, 1.54) is 18.1 Å². The largest absolute Gasteiger partial charge is 0.487 e. The number of carboxylic acid groups (broad SMARTS) is 1. The summed E-state index contributed by atoms with van der Waals surface area (Å²) in [5.41, 5.74) is 0.971. The molecule has 7 nitrogen and oxygen atoms in total. The van der Waals surface area contributed by atoms with Gasteiger partial charge in [-0.3, -0.25) is 0 Å². The highest BCUT2D eigenvalue weighted by Crippen LogP contribution is 2.37. The number of benzene rings is 1. The Morgan fingerprint density at radius 2 is 1.89 bits per heavy atom. The van der Waals surface area contributed by atoms with Crippen LogP contribution in [0.2, 0.25) is 5.02 Å². The number of hydrogen-bond acceptors (Lipinski definition) is 5. The maximum absolute atomic E-state index is 11.9. The topological polar surface area (TPSA) is 88.1 Å². The van der Waals surface area contributed by atoms with Gasteiger partial charge in [-0.05, 0) is 51.7 Å². The van der Waals surface area contributed by atoms with E-state index in [0.717, 1.165) is 12.8 Å². The van der Waals surface area contributed by atoms with Crippen molar-refractivity contribution >= 4 is 29.4 Å². The minimum Gasteiger partial charge on any atom is -0.487 e. The Kier molecular flexibility index (Phi) is 7.18. The number of nitrogens with zero attached hydrogens (tertiary/aromatic N) is 1. The number of carbonyl (C=O) groups excluding carboxylic acids is 1. The number of rotatable bonds is 6. The monoisotopic (exact) mass is 398 g/mol. The van der Waals surface area contributed by atoms with E-state index in [4.69, 9.17) is 26.2 Å². The van der Waals surface area contributed by atoms with Crippen LogP contribution in [0.5, 0.6) is 5.75 Å². The molecule has 1 heterocycles. The molecular formula is C19H27ClN2O5. The minimum atomic E-state index is -0.876. The zero-order valence-corrected chi connectivity index (χ0v) is 16.9. The summed E-state index contributed by atoms with van der Waals surface area (Å²) in [6.45, 7) is 6.88. The van der Waals surface area contributed by atoms with Crippen LogP contribution in [0.4, 0.5) is 10.5 Å². The maximum atomic E-state index is 11.9. The van der Waals surface area contributed by atoms with Crippen molar-refractivity contribution in [2.45, 2.75) is 45.8 Å². The molecule has 1 aliphatic rings. The highest BCUT2D eigenvalue weighted by atomic mass is 35.5. The summed E-state index contributed by atoms with van der Waals surface area (Å²) < 4.78 is 10.6. The Morgan fingerprint density at radius 1 is 1.26 bits per heavy atom. The van der Waals surface area contributed by atoms with Gasteiger partial charge in [0.15, 0.2) is 5.75 Å². The molecule has 1 aromatic rings. The van der Waals surface area contributed by atoms with Crippen LogP contribution < -0.4 is 10.1 Å². The molecule has 1 aliphatic heterocycles. The Bertz CT molecular complexity index is 687. The number of halogens is 1. The minimum absolute atomic E-state index is 0.0550. The molecule has 0 radical (unpaired) electrons. The second-order valence-electron chi connectivity index (χ2n) is 7.03. The molecule has 150 valence electrons. The molecule has 0 bridgehead atoms. The standard InChI is InChI=1S/C19H27ClN2O5/c1-11(2)27-17-15(20)9-14(18(23)26-4)10-16(17)21-12(3)13-5-7-22(8-6-13)19(24)25/h9-13,21H,5-8H2,1-4H3,(H,24,25)/t12-/m0/s1. The predicted molar refractivity (Wildman–Crippen MR) is 104 cm³/mol. The quantitative estimate of drug-likeness (QED) is 0.701. The van der Waals surface area contributed by atoms with Crippen molar-refractivity contribution in [3.63, 3.8) is 0 Å². The van der Waals surface area contributed by atoms with Crippen LogP contribution in [0.25, 0.3) is 0 Å². The molecule has 1 aromatic carbocycles. The van der Waals surface area contributed by atoms with Crippen LogP contribution in [0.15, 0.2) is 12.1 Å². The number of likely N-dealkylation sites (tertiary alicyclic amines) is 1. The van der Waals surface area contributed by atoms with Crippen molar-refractivity contribution in [2.24, 2.45) is 5.92 Å². The third kappa shape index (κ3) is 5.42. The van der Waals surface area contributed by atoms with Gasteiger partial charge in [0, 0.05) is 19.1 Å². The lowest BCUT2D eigenvalue weighted by Gasteiger charge is -2.34. The highest BCUT2D eigenvalue weighted by Gasteiger charge is 2.27. The van der Waals surface area contributed by atoms with Crippen molar-refractivity contribution in [3.8, 4) is 5.75 Å². The van der Waals surface area contributed by atoms with E-state index < -0.39 is 12.1 Å². The van der Waals surface area contributed by atoms with Crippen LogP contribution in [0.3, 0.4) is 0 Å². The van der Waals surface area contributed by atoms with Crippen molar-refractivity contribution in [3.05, 3.63) is 22.7 Å². The summed E-state index contributed by atoms with van der Waals surface area (Å²) in [4.78, 5) is 24.4. The number of methoxy groups -OCH3 is 1. The summed E-state index contributed by atoms with van der Waals surface area (Å²) in [5.74, 6) is 0.320. The zero-order valence-electron chi connectivity index (χ0n) is 16.1. The summed E-state index contributed by atoms with van der Waals surface area (Å²) >= 11 is 6.36. The summed E-state index contributed by atoms with van der Waals surface area (Å²) in [6, 6.07) is 3.27. The van der Waals surface area contributed by atoms with E-state index in [2.05, 4.69) is 5.32 Å². The number of ether oxygens (including phenoxy) is 2. The smallest absolute Gasteiger partial charge is 0.407 e. The Hall–Kier alpha value is -2.15.